The van der Waals surface area contributed by atoms with Gasteiger partial charge in [-0.05, 0) is 25.5 Å². The minimum Gasteiger partial charge on any atom is -0.396 e. The normalized spacial score (nSPS) is 18.5. The summed E-state index contributed by atoms with van der Waals surface area (Å²) in [5.74, 6) is -0.406. The van der Waals surface area contributed by atoms with Gasteiger partial charge in [0.05, 0.1) is 17.9 Å². The lowest BCUT2D eigenvalue weighted by Gasteiger charge is -2.24. The van der Waals surface area contributed by atoms with E-state index in [1.54, 1.807) is 11.0 Å². The van der Waals surface area contributed by atoms with Gasteiger partial charge in [-0.15, -0.1) is 0 Å². The standard InChI is InChI=1S/C14H19FN2O2/c1-2-17(8-10-6-7-19-9-10)14(18)11-4-3-5-12(15)13(11)16/h3-5,10H,2,6-9,16H2,1H3. The highest BCUT2D eigenvalue weighted by Gasteiger charge is 2.23. The van der Waals surface area contributed by atoms with Gasteiger partial charge >= 0.3 is 0 Å². The monoisotopic (exact) mass is 266 g/mol. The van der Waals surface area contributed by atoms with Crippen molar-refractivity contribution in [1.82, 2.24) is 4.90 Å². The van der Waals surface area contributed by atoms with E-state index in [9.17, 15) is 9.18 Å². The Hall–Kier alpha value is -1.62. The van der Waals surface area contributed by atoms with Crippen LogP contribution in [0.4, 0.5) is 10.1 Å². The fourth-order valence-corrected chi connectivity index (χ4v) is 2.29. The Kier molecular flexibility index (Phi) is 4.37. The van der Waals surface area contributed by atoms with Gasteiger partial charge < -0.3 is 15.4 Å². The second kappa shape index (κ2) is 6.02. The molecule has 104 valence electrons. The molecule has 0 bridgehead atoms. The molecule has 4 nitrogen and oxygen atoms in total. The molecule has 0 saturated carbocycles. The second-order valence-electron chi connectivity index (χ2n) is 4.77. The van der Waals surface area contributed by atoms with E-state index < -0.39 is 5.82 Å². The zero-order chi connectivity index (χ0) is 13.8. The molecule has 19 heavy (non-hydrogen) atoms. The quantitative estimate of drug-likeness (QED) is 0.847. The van der Waals surface area contributed by atoms with Crippen molar-refractivity contribution in [2.45, 2.75) is 13.3 Å². The number of nitrogens with two attached hydrogens (primary N) is 1. The van der Waals surface area contributed by atoms with Crippen LogP contribution in [0.3, 0.4) is 0 Å². The molecule has 1 atom stereocenters. The first-order valence-corrected chi connectivity index (χ1v) is 6.54. The number of nitrogens with zero attached hydrogens (tertiary/aromatic N) is 1. The van der Waals surface area contributed by atoms with Crippen molar-refractivity contribution in [3.63, 3.8) is 0 Å². The molecule has 1 heterocycles. The minimum atomic E-state index is -0.550. The second-order valence-corrected chi connectivity index (χ2v) is 4.77. The number of rotatable bonds is 4. The van der Waals surface area contributed by atoms with E-state index in [4.69, 9.17) is 10.5 Å². The summed E-state index contributed by atoms with van der Waals surface area (Å²) < 4.78 is 18.7. The largest absolute Gasteiger partial charge is 0.396 e. The lowest BCUT2D eigenvalue weighted by atomic mass is 10.1. The number of carbonyl (C=O) groups is 1. The molecule has 2 N–H and O–H groups in total. The Morgan fingerprint density at radius 3 is 3.00 bits per heavy atom. The van der Waals surface area contributed by atoms with Gasteiger partial charge in [-0.2, -0.15) is 0 Å². The molecule has 1 aromatic carbocycles. The maximum Gasteiger partial charge on any atom is 0.256 e. The molecule has 0 aromatic heterocycles. The lowest BCUT2D eigenvalue weighted by molar-refractivity contribution is 0.0731. The van der Waals surface area contributed by atoms with E-state index in [0.29, 0.717) is 25.6 Å². The highest BCUT2D eigenvalue weighted by atomic mass is 19.1. The minimum absolute atomic E-state index is 0.0754. The molecule has 1 aliphatic rings. The van der Waals surface area contributed by atoms with E-state index in [0.717, 1.165) is 13.0 Å². The van der Waals surface area contributed by atoms with E-state index >= 15 is 0 Å². The van der Waals surface area contributed by atoms with Crippen LogP contribution in [0.25, 0.3) is 0 Å². The predicted molar refractivity (Wildman–Crippen MR) is 71.3 cm³/mol. The molecule has 1 fully saturated rings. The molecule has 1 aliphatic heterocycles. The van der Waals surface area contributed by atoms with Crippen LogP contribution < -0.4 is 5.73 Å². The van der Waals surface area contributed by atoms with E-state index in [1.807, 2.05) is 6.92 Å². The van der Waals surface area contributed by atoms with Crippen molar-refractivity contribution in [1.29, 1.82) is 0 Å². The predicted octanol–water partition coefficient (Wildman–Crippen LogP) is 1.91. The molecule has 0 aliphatic carbocycles. The Bertz CT molecular complexity index is 459. The number of ether oxygens (including phenoxy) is 1. The van der Waals surface area contributed by atoms with Gasteiger partial charge in [-0.3, -0.25) is 4.79 Å². The summed E-state index contributed by atoms with van der Waals surface area (Å²) in [7, 11) is 0. The van der Waals surface area contributed by atoms with Crippen LogP contribution in [0, 0.1) is 11.7 Å². The maximum atomic E-state index is 13.4. The maximum absolute atomic E-state index is 13.4. The topological polar surface area (TPSA) is 55.6 Å². The Balaban J connectivity index is 2.13. The molecule has 2 rings (SSSR count). The van der Waals surface area contributed by atoms with Crippen molar-refractivity contribution in [2.75, 3.05) is 32.0 Å². The smallest absolute Gasteiger partial charge is 0.256 e. The SMILES string of the molecule is CCN(CC1CCOC1)C(=O)c1cccc(F)c1N. The van der Waals surface area contributed by atoms with Gasteiger partial charge in [-0.25, -0.2) is 4.39 Å². The fraction of sp³-hybridized carbons (Fsp3) is 0.500. The molecular weight excluding hydrogens is 247 g/mol. The third-order valence-electron chi connectivity index (χ3n) is 3.45. The summed E-state index contributed by atoms with van der Waals surface area (Å²) in [6.45, 7) is 4.54. The molecule has 1 amide bonds. The van der Waals surface area contributed by atoms with E-state index in [1.165, 1.54) is 12.1 Å². The van der Waals surface area contributed by atoms with Gasteiger partial charge in [0, 0.05) is 25.6 Å². The molecule has 1 saturated heterocycles. The van der Waals surface area contributed by atoms with Crippen molar-refractivity contribution in [2.24, 2.45) is 5.92 Å². The van der Waals surface area contributed by atoms with Crippen LogP contribution in [0.15, 0.2) is 18.2 Å². The number of carbonyl (C=O) groups excluding carboxylic acids is 1. The number of hydrogen-bond donors (Lipinski definition) is 1. The van der Waals surface area contributed by atoms with Gasteiger partial charge in [0.2, 0.25) is 0 Å². The van der Waals surface area contributed by atoms with Crippen LogP contribution in [-0.4, -0.2) is 37.1 Å². The molecule has 1 unspecified atom stereocenters. The van der Waals surface area contributed by atoms with Crippen LogP contribution >= 0.6 is 0 Å². The first-order chi connectivity index (χ1) is 9.13. The van der Waals surface area contributed by atoms with Crippen molar-refractivity contribution < 1.29 is 13.9 Å². The summed E-state index contributed by atoms with van der Waals surface area (Å²) in [6.07, 6.45) is 0.961. The Morgan fingerprint density at radius 2 is 2.37 bits per heavy atom. The number of para-hydroxylation sites is 1. The van der Waals surface area contributed by atoms with Crippen LogP contribution in [0.2, 0.25) is 0 Å². The summed E-state index contributed by atoms with van der Waals surface area (Å²) in [5, 5.41) is 0. The highest BCUT2D eigenvalue weighted by Crippen LogP contribution is 2.20. The van der Waals surface area contributed by atoms with Crippen molar-refractivity contribution in [3.8, 4) is 0 Å². The van der Waals surface area contributed by atoms with Crippen LogP contribution in [0.5, 0.6) is 0 Å². The zero-order valence-electron chi connectivity index (χ0n) is 11.1. The van der Waals surface area contributed by atoms with Crippen LogP contribution in [0.1, 0.15) is 23.7 Å². The van der Waals surface area contributed by atoms with Gasteiger partial charge in [0.15, 0.2) is 0 Å². The fourth-order valence-electron chi connectivity index (χ4n) is 2.29. The van der Waals surface area contributed by atoms with Gasteiger partial charge in [0.1, 0.15) is 5.82 Å². The van der Waals surface area contributed by atoms with Gasteiger partial charge in [-0.1, -0.05) is 6.07 Å². The average Bonchev–Trinajstić information content (AvgIpc) is 2.91. The highest BCUT2D eigenvalue weighted by molar-refractivity contribution is 5.99. The number of halogens is 1. The Labute approximate surface area is 112 Å². The summed E-state index contributed by atoms with van der Waals surface area (Å²) in [6, 6.07) is 4.33. The molecule has 1 aromatic rings. The zero-order valence-corrected chi connectivity index (χ0v) is 11.1. The van der Waals surface area contributed by atoms with Crippen molar-refractivity contribution in [3.05, 3.63) is 29.6 Å². The molecule has 0 spiro atoms. The van der Waals surface area contributed by atoms with Crippen LogP contribution in [-0.2, 0) is 4.74 Å². The summed E-state index contributed by atoms with van der Waals surface area (Å²) >= 11 is 0. The summed E-state index contributed by atoms with van der Waals surface area (Å²) in [4.78, 5) is 14.1. The number of nitrogen functional groups attached to an aromatic ring is 1. The number of anilines is 1. The molecule has 0 radical (unpaired) electrons. The molecular formula is C14H19FN2O2. The first-order valence-electron chi connectivity index (χ1n) is 6.54. The number of hydrogen-bond acceptors (Lipinski definition) is 3. The third kappa shape index (κ3) is 3.04. The van der Waals surface area contributed by atoms with Crippen molar-refractivity contribution >= 4 is 11.6 Å². The molecule has 5 heteroatoms. The average molecular weight is 266 g/mol. The first kappa shape index (κ1) is 13.8. The Morgan fingerprint density at radius 1 is 1.58 bits per heavy atom. The van der Waals surface area contributed by atoms with E-state index in [-0.39, 0.29) is 17.2 Å². The number of amides is 1. The third-order valence-corrected chi connectivity index (χ3v) is 3.45. The number of benzene rings is 1. The lowest BCUT2D eigenvalue weighted by Crippen LogP contribution is -2.36. The van der Waals surface area contributed by atoms with Gasteiger partial charge in [0.25, 0.3) is 5.91 Å². The summed E-state index contributed by atoms with van der Waals surface area (Å²) in [5.41, 5.74) is 5.80. The van der Waals surface area contributed by atoms with E-state index in [2.05, 4.69) is 0 Å².